The van der Waals surface area contributed by atoms with Crippen molar-refractivity contribution in [3.63, 3.8) is 0 Å². The molecule has 0 amide bonds. The van der Waals surface area contributed by atoms with E-state index >= 15 is 0 Å². The molecule has 2 rings (SSSR count). The van der Waals surface area contributed by atoms with Crippen LogP contribution >= 0.6 is 31.9 Å². The molecule has 0 bridgehead atoms. The molecule has 20 heavy (non-hydrogen) atoms. The van der Waals surface area contributed by atoms with Crippen molar-refractivity contribution in [2.45, 2.75) is 0 Å². The quantitative estimate of drug-likeness (QED) is 0.525. The van der Waals surface area contributed by atoms with Crippen LogP contribution in [0.3, 0.4) is 0 Å². The molecule has 0 saturated heterocycles. The highest BCUT2D eigenvalue weighted by Gasteiger charge is 2.09. The van der Waals surface area contributed by atoms with Crippen molar-refractivity contribution in [1.82, 2.24) is 0 Å². The summed E-state index contributed by atoms with van der Waals surface area (Å²) in [6.07, 6.45) is 1.82. The van der Waals surface area contributed by atoms with Gasteiger partial charge in [-0.2, -0.15) is 5.26 Å². The second-order valence-corrected chi connectivity index (χ2v) is 5.82. The molecule has 0 N–H and O–H groups in total. The van der Waals surface area contributed by atoms with Gasteiger partial charge in [0.25, 0.3) is 0 Å². The third-order valence-corrected chi connectivity index (χ3v) is 3.79. The van der Waals surface area contributed by atoms with Crippen LogP contribution in [0.1, 0.15) is 11.1 Å². The van der Waals surface area contributed by atoms with Crippen LogP contribution in [-0.2, 0) is 0 Å². The first-order valence-electron chi connectivity index (χ1n) is 5.86. The maximum absolute atomic E-state index is 9.36. The molecule has 0 spiro atoms. The molecule has 0 atom stereocenters. The molecule has 2 aromatic carbocycles. The van der Waals surface area contributed by atoms with Gasteiger partial charge in [0.05, 0.1) is 23.2 Å². The zero-order valence-corrected chi connectivity index (χ0v) is 13.9. The highest BCUT2D eigenvalue weighted by Crippen LogP contribution is 2.34. The lowest BCUT2D eigenvalue weighted by molar-refractivity contribution is 0.411. The summed E-state index contributed by atoms with van der Waals surface area (Å²) in [7, 11) is 1.61. The van der Waals surface area contributed by atoms with Crippen LogP contribution in [0.25, 0.3) is 11.6 Å². The third-order valence-electron chi connectivity index (χ3n) is 2.75. The highest BCUT2D eigenvalue weighted by molar-refractivity contribution is 9.11. The third kappa shape index (κ3) is 3.30. The van der Waals surface area contributed by atoms with E-state index in [9.17, 15) is 5.26 Å². The molecule has 0 aliphatic carbocycles. The average Bonchev–Trinajstić information content (AvgIpc) is 2.45. The molecule has 0 fully saturated rings. The van der Waals surface area contributed by atoms with Crippen molar-refractivity contribution in [2.75, 3.05) is 7.11 Å². The minimum atomic E-state index is 0.592. The fraction of sp³-hybridized carbons (Fsp3) is 0.0625. The Bertz CT molecular complexity index is 688. The van der Waals surface area contributed by atoms with Gasteiger partial charge in [-0.3, -0.25) is 0 Å². The van der Waals surface area contributed by atoms with Crippen molar-refractivity contribution in [3.05, 3.63) is 62.5 Å². The Balaban J connectivity index is 2.57. The van der Waals surface area contributed by atoms with E-state index in [1.54, 1.807) is 7.11 Å². The summed E-state index contributed by atoms with van der Waals surface area (Å²) < 4.78 is 7.15. The summed E-state index contributed by atoms with van der Waals surface area (Å²) in [5.74, 6) is 0.705. The van der Waals surface area contributed by atoms with E-state index in [2.05, 4.69) is 37.9 Å². The van der Waals surface area contributed by atoms with Gasteiger partial charge in [0.15, 0.2) is 0 Å². The van der Waals surface area contributed by atoms with Gasteiger partial charge in [0.1, 0.15) is 5.75 Å². The monoisotopic (exact) mass is 391 g/mol. The predicted octanol–water partition coefficient (Wildman–Crippen LogP) is 5.28. The van der Waals surface area contributed by atoms with Gasteiger partial charge in [-0.15, -0.1) is 0 Å². The van der Waals surface area contributed by atoms with Crippen LogP contribution in [0, 0.1) is 11.3 Å². The number of nitriles is 1. The van der Waals surface area contributed by atoms with Crippen molar-refractivity contribution in [2.24, 2.45) is 0 Å². The number of allylic oxidation sites excluding steroid dienone is 1. The minimum Gasteiger partial charge on any atom is -0.495 e. The van der Waals surface area contributed by atoms with Crippen LogP contribution < -0.4 is 4.74 Å². The Morgan fingerprint density at radius 2 is 1.90 bits per heavy atom. The largest absolute Gasteiger partial charge is 0.495 e. The molecule has 0 aliphatic heterocycles. The van der Waals surface area contributed by atoms with Gasteiger partial charge >= 0.3 is 0 Å². The fourth-order valence-electron chi connectivity index (χ4n) is 1.86. The fourth-order valence-corrected chi connectivity index (χ4v) is 3.28. The van der Waals surface area contributed by atoms with E-state index < -0.39 is 0 Å². The summed E-state index contributed by atoms with van der Waals surface area (Å²) in [4.78, 5) is 0. The molecule has 0 aliphatic rings. The lowest BCUT2D eigenvalue weighted by atomic mass is 10.0. The number of benzene rings is 2. The predicted molar refractivity (Wildman–Crippen MR) is 88.3 cm³/mol. The number of hydrogen-bond acceptors (Lipinski definition) is 2. The zero-order valence-electron chi connectivity index (χ0n) is 10.7. The summed E-state index contributed by atoms with van der Waals surface area (Å²) >= 11 is 6.91. The smallest absolute Gasteiger partial charge is 0.140 e. The van der Waals surface area contributed by atoms with Crippen LogP contribution in [0.15, 0.2) is 51.4 Å². The maximum Gasteiger partial charge on any atom is 0.140 e. The van der Waals surface area contributed by atoms with Crippen LogP contribution in [0.5, 0.6) is 5.75 Å². The first kappa shape index (κ1) is 14.8. The molecule has 4 heteroatoms. The molecule has 0 unspecified atom stereocenters. The second-order valence-electron chi connectivity index (χ2n) is 4.05. The van der Waals surface area contributed by atoms with Gasteiger partial charge in [0.2, 0.25) is 0 Å². The van der Waals surface area contributed by atoms with Gasteiger partial charge in [-0.1, -0.05) is 46.3 Å². The van der Waals surface area contributed by atoms with Crippen molar-refractivity contribution < 1.29 is 4.74 Å². The number of ether oxygens (including phenoxy) is 1. The van der Waals surface area contributed by atoms with E-state index in [1.807, 2.05) is 48.5 Å². The van der Waals surface area contributed by atoms with Gasteiger partial charge in [-0.05, 0) is 39.7 Å². The van der Waals surface area contributed by atoms with Gasteiger partial charge in [0, 0.05) is 10.0 Å². The SMILES string of the molecule is COc1c(Br)cc(Br)cc1/C=C(\C#N)c1ccccc1. The molecule has 0 heterocycles. The molecular weight excluding hydrogens is 382 g/mol. The molecule has 0 radical (unpaired) electrons. The van der Waals surface area contributed by atoms with Crippen molar-refractivity contribution in [1.29, 1.82) is 5.26 Å². The van der Waals surface area contributed by atoms with Crippen LogP contribution in [-0.4, -0.2) is 7.11 Å². The van der Waals surface area contributed by atoms with E-state index in [-0.39, 0.29) is 0 Å². The number of rotatable bonds is 3. The zero-order chi connectivity index (χ0) is 14.5. The van der Waals surface area contributed by atoms with Gasteiger partial charge < -0.3 is 4.74 Å². The van der Waals surface area contributed by atoms with E-state index in [1.165, 1.54) is 0 Å². The molecule has 2 aromatic rings. The van der Waals surface area contributed by atoms with E-state index in [0.29, 0.717) is 11.3 Å². The van der Waals surface area contributed by atoms with Crippen molar-refractivity contribution >= 4 is 43.5 Å². The summed E-state index contributed by atoms with van der Waals surface area (Å²) in [5, 5.41) is 9.36. The van der Waals surface area contributed by atoms with E-state index in [4.69, 9.17) is 4.74 Å². The van der Waals surface area contributed by atoms with E-state index in [0.717, 1.165) is 20.1 Å². The molecule has 0 saturated carbocycles. The number of nitrogens with zero attached hydrogens (tertiary/aromatic N) is 1. The number of methoxy groups -OCH3 is 1. The Morgan fingerprint density at radius 3 is 2.50 bits per heavy atom. The van der Waals surface area contributed by atoms with Crippen LogP contribution in [0.4, 0.5) is 0 Å². The number of halogens is 2. The highest BCUT2D eigenvalue weighted by atomic mass is 79.9. The Hall–Kier alpha value is -1.57. The normalized spacial score (nSPS) is 11.0. The first-order valence-corrected chi connectivity index (χ1v) is 7.44. The summed E-state index contributed by atoms with van der Waals surface area (Å²) in [5.41, 5.74) is 2.32. The van der Waals surface area contributed by atoms with Crippen LogP contribution in [0.2, 0.25) is 0 Å². The molecule has 2 nitrogen and oxygen atoms in total. The summed E-state index contributed by atoms with van der Waals surface area (Å²) in [6.45, 7) is 0. The van der Waals surface area contributed by atoms with Crippen molar-refractivity contribution in [3.8, 4) is 11.8 Å². The number of hydrogen-bond donors (Lipinski definition) is 0. The molecular formula is C16H11Br2NO. The van der Waals surface area contributed by atoms with Gasteiger partial charge in [-0.25, -0.2) is 0 Å². The first-order chi connectivity index (χ1) is 9.65. The maximum atomic E-state index is 9.36. The average molecular weight is 393 g/mol. The second kappa shape index (κ2) is 6.74. The summed E-state index contributed by atoms with van der Waals surface area (Å²) in [6, 6.07) is 15.6. The molecule has 100 valence electrons. The Kier molecular flexibility index (Phi) is 4.99. The lowest BCUT2D eigenvalue weighted by Crippen LogP contribution is -1.90. The Morgan fingerprint density at radius 1 is 1.20 bits per heavy atom. The standard InChI is InChI=1S/C16H11Br2NO/c1-20-16-12(8-14(17)9-15(16)18)7-13(10-19)11-5-3-2-4-6-11/h2-9H,1H3/b13-7+. The lowest BCUT2D eigenvalue weighted by Gasteiger charge is -2.09. The topological polar surface area (TPSA) is 33.0 Å². The molecule has 0 aromatic heterocycles. The Labute approximate surface area is 134 Å². The minimum absolute atomic E-state index is 0.592.